The lowest BCUT2D eigenvalue weighted by molar-refractivity contribution is -0.474. The molecule has 3 nitrogen and oxygen atoms in total. The van der Waals surface area contributed by atoms with Crippen molar-refractivity contribution in [1.82, 2.24) is 0 Å². The third kappa shape index (κ3) is 8.95. The van der Waals surface area contributed by atoms with Gasteiger partial charge in [0.1, 0.15) is 5.75 Å². The lowest BCUT2D eigenvalue weighted by atomic mass is 9.86. The molecule has 1 aromatic rings. The number of rotatable bonds is 22. The van der Waals surface area contributed by atoms with E-state index < -0.39 is 84.0 Å². The lowest BCUT2D eigenvalue weighted by Crippen LogP contribution is -2.76. The Morgan fingerprint density at radius 1 is 0.472 bits per heavy atom. The molecule has 310 valence electrons. The van der Waals surface area contributed by atoms with Gasteiger partial charge in [-0.1, -0.05) is 51.9 Å². The van der Waals surface area contributed by atoms with E-state index >= 15 is 0 Å². The lowest BCUT2D eigenvalue weighted by Gasteiger charge is -2.44. The molecule has 0 bridgehead atoms. The minimum Gasteiger partial charge on any atom is -0.494 e. The summed E-state index contributed by atoms with van der Waals surface area (Å²) < 4.78 is 293. The number of esters is 1. The molecule has 0 aliphatic rings. The number of alkyl halides is 21. The van der Waals surface area contributed by atoms with E-state index in [4.69, 9.17) is 4.74 Å². The number of ether oxygens (including phenoxy) is 2. The van der Waals surface area contributed by atoms with Crippen LogP contribution in [0.25, 0.3) is 0 Å². The predicted octanol–water partition coefficient (Wildman–Crippen LogP) is 12.0. The predicted molar refractivity (Wildman–Crippen MR) is 140 cm³/mol. The average Bonchev–Trinajstić information content (AvgIpc) is 3.02. The fraction of sp³-hybridized carbons (Fsp3) is 0.759. The number of unbranched alkanes of at least 4 members (excludes halogenated alkanes) is 7. The van der Waals surface area contributed by atoms with Gasteiger partial charge in [0.2, 0.25) is 0 Å². The Labute approximate surface area is 286 Å². The highest BCUT2D eigenvalue weighted by Crippen LogP contribution is 2.66. The van der Waals surface area contributed by atoms with Crippen LogP contribution in [0.1, 0.15) is 75.1 Å². The molecule has 0 N–H and O–H groups in total. The molecule has 0 aliphatic carbocycles. The molecular weight excluding hydrogens is 795 g/mol. The molecule has 53 heavy (non-hydrogen) atoms. The second-order valence-electron chi connectivity index (χ2n) is 11.5. The first-order valence-electron chi connectivity index (χ1n) is 15.0. The van der Waals surface area contributed by atoms with Crippen molar-refractivity contribution in [3.63, 3.8) is 0 Å². The van der Waals surface area contributed by atoms with E-state index in [1.807, 2.05) is 0 Å². The van der Waals surface area contributed by atoms with Gasteiger partial charge in [-0.15, -0.1) is 0 Å². The molecule has 0 atom stereocenters. The molecular formula is C29H29F21O3. The third-order valence-electron chi connectivity index (χ3n) is 7.58. The van der Waals surface area contributed by atoms with Crippen LogP contribution in [0.4, 0.5) is 92.2 Å². The standard InChI is InChI=1S/C29H29F21O3/c1-2-3-4-5-6-7-8-9-15-52-18-12-10-17(11-13-18)19(51)53-16-14-20(30,31)21(32,33)22(34,35)23(36,37)24(38,39)25(40,41)26(42,43)27(44,45)28(46,47)29(48,49)50/h10-13H,2-9,14-16H2,1H3. The topological polar surface area (TPSA) is 35.5 Å². The van der Waals surface area contributed by atoms with Gasteiger partial charge in [0.05, 0.1) is 25.2 Å². The van der Waals surface area contributed by atoms with Crippen LogP contribution in [0.5, 0.6) is 5.75 Å². The molecule has 0 saturated carbocycles. The van der Waals surface area contributed by atoms with Gasteiger partial charge >= 0.3 is 65.4 Å². The summed E-state index contributed by atoms with van der Waals surface area (Å²) in [7, 11) is 0. The average molecular weight is 825 g/mol. The smallest absolute Gasteiger partial charge is 0.460 e. The summed E-state index contributed by atoms with van der Waals surface area (Å²) in [4.78, 5) is 12.0. The van der Waals surface area contributed by atoms with Crippen LogP contribution in [0.15, 0.2) is 24.3 Å². The van der Waals surface area contributed by atoms with Gasteiger partial charge in [-0.25, -0.2) is 4.79 Å². The van der Waals surface area contributed by atoms with Gasteiger partial charge in [-0.2, -0.15) is 92.2 Å². The maximum Gasteiger partial charge on any atom is 0.460 e. The van der Waals surface area contributed by atoms with E-state index in [0.717, 1.165) is 69.2 Å². The van der Waals surface area contributed by atoms with Gasteiger partial charge in [0.15, 0.2) is 0 Å². The minimum absolute atomic E-state index is 0.150. The van der Waals surface area contributed by atoms with Crippen molar-refractivity contribution in [3.8, 4) is 5.75 Å². The van der Waals surface area contributed by atoms with E-state index in [1.165, 1.54) is 0 Å². The second-order valence-corrected chi connectivity index (χ2v) is 11.5. The highest BCUT2D eigenvalue weighted by atomic mass is 19.4. The van der Waals surface area contributed by atoms with Crippen molar-refractivity contribution in [2.24, 2.45) is 0 Å². The van der Waals surface area contributed by atoms with Gasteiger partial charge in [-0.05, 0) is 30.7 Å². The second kappa shape index (κ2) is 16.4. The Morgan fingerprint density at radius 2 is 0.830 bits per heavy atom. The Morgan fingerprint density at radius 3 is 1.23 bits per heavy atom. The highest BCUT2D eigenvalue weighted by Gasteiger charge is 2.97. The van der Waals surface area contributed by atoms with E-state index in [1.54, 1.807) is 0 Å². The van der Waals surface area contributed by atoms with Crippen LogP contribution in [0.2, 0.25) is 0 Å². The van der Waals surface area contributed by atoms with Gasteiger partial charge in [0.25, 0.3) is 0 Å². The summed E-state index contributed by atoms with van der Waals surface area (Å²) in [5.41, 5.74) is -0.563. The number of halogens is 21. The summed E-state index contributed by atoms with van der Waals surface area (Å²) in [6.45, 7) is 0.119. The van der Waals surface area contributed by atoms with Crippen LogP contribution >= 0.6 is 0 Å². The van der Waals surface area contributed by atoms with Crippen molar-refractivity contribution < 1.29 is 106 Å². The maximum atomic E-state index is 14.1. The number of hydrogen-bond acceptors (Lipinski definition) is 3. The highest BCUT2D eigenvalue weighted by molar-refractivity contribution is 5.89. The van der Waals surface area contributed by atoms with Crippen LogP contribution in [0, 0.1) is 0 Å². The Kier molecular flexibility index (Phi) is 14.9. The Balaban J connectivity index is 3.06. The first-order chi connectivity index (χ1) is 23.7. The zero-order valence-corrected chi connectivity index (χ0v) is 26.7. The molecule has 24 heteroatoms. The SMILES string of the molecule is CCCCCCCCCCOc1ccc(C(=O)OCCC(F)(F)C(F)(F)C(F)(F)C(F)(F)C(F)(F)C(F)(F)C(F)(F)C(F)(F)C(F)(F)C(F)(F)F)cc1. The number of carbonyl (C=O) groups excluding carboxylic acids is 1. The molecule has 1 aromatic carbocycles. The maximum absolute atomic E-state index is 14.1. The summed E-state index contributed by atoms with van der Waals surface area (Å²) in [6.07, 6.45) is -3.31. The van der Waals surface area contributed by atoms with Crippen LogP contribution in [0.3, 0.4) is 0 Å². The summed E-state index contributed by atoms with van der Waals surface area (Å²) in [5, 5.41) is 0. The molecule has 1 rings (SSSR count). The molecule has 0 saturated heterocycles. The molecule has 0 aliphatic heterocycles. The van der Waals surface area contributed by atoms with Crippen molar-refractivity contribution in [2.75, 3.05) is 13.2 Å². The van der Waals surface area contributed by atoms with Crippen LogP contribution in [-0.2, 0) is 4.74 Å². The number of benzene rings is 1. The molecule has 0 unspecified atom stereocenters. The monoisotopic (exact) mass is 824 g/mol. The van der Waals surface area contributed by atoms with Crippen LogP contribution < -0.4 is 4.74 Å². The normalized spacial score (nSPS) is 14.8. The molecule has 0 radical (unpaired) electrons. The van der Waals surface area contributed by atoms with Crippen molar-refractivity contribution in [1.29, 1.82) is 0 Å². The van der Waals surface area contributed by atoms with Gasteiger partial charge in [0, 0.05) is 0 Å². The largest absolute Gasteiger partial charge is 0.494 e. The zero-order chi connectivity index (χ0) is 41.8. The van der Waals surface area contributed by atoms with Crippen molar-refractivity contribution in [3.05, 3.63) is 29.8 Å². The molecule has 0 amide bonds. The fourth-order valence-corrected chi connectivity index (χ4v) is 4.22. The number of hydrogen-bond donors (Lipinski definition) is 0. The van der Waals surface area contributed by atoms with E-state index in [-0.39, 0.29) is 12.4 Å². The van der Waals surface area contributed by atoms with E-state index in [0.29, 0.717) is 6.42 Å². The Hall–Kier alpha value is -2.98. The van der Waals surface area contributed by atoms with E-state index in [2.05, 4.69) is 11.7 Å². The van der Waals surface area contributed by atoms with Gasteiger partial charge < -0.3 is 9.47 Å². The molecule has 0 aromatic heterocycles. The third-order valence-corrected chi connectivity index (χ3v) is 7.58. The van der Waals surface area contributed by atoms with Crippen molar-refractivity contribution >= 4 is 5.97 Å². The summed E-state index contributed by atoms with van der Waals surface area (Å²) >= 11 is 0. The molecule has 0 fully saturated rings. The van der Waals surface area contributed by atoms with E-state index in [9.17, 15) is 97.0 Å². The first-order valence-corrected chi connectivity index (χ1v) is 15.0. The molecule has 0 heterocycles. The zero-order valence-electron chi connectivity index (χ0n) is 26.7. The van der Waals surface area contributed by atoms with Crippen molar-refractivity contribution in [2.45, 2.75) is 124 Å². The fourth-order valence-electron chi connectivity index (χ4n) is 4.22. The first kappa shape index (κ1) is 48.0. The minimum atomic E-state index is -9.24. The number of carbonyl (C=O) groups is 1. The molecule has 0 spiro atoms. The summed E-state index contributed by atoms with van der Waals surface area (Å²) in [5.74, 6) is -79.2. The quantitative estimate of drug-likeness (QED) is 0.0664. The summed E-state index contributed by atoms with van der Waals surface area (Å²) in [6, 6.07) is 4.04. The van der Waals surface area contributed by atoms with Gasteiger partial charge in [-0.3, -0.25) is 0 Å². The van der Waals surface area contributed by atoms with Crippen LogP contribution in [-0.4, -0.2) is 78.7 Å². The Bertz CT molecular complexity index is 1320.